The van der Waals surface area contributed by atoms with Gasteiger partial charge in [0.05, 0.1) is 0 Å². The van der Waals surface area contributed by atoms with Gasteiger partial charge in [-0.15, -0.1) is 9.42 Å². The highest BCUT2D eigenvalue weighted by atomic mass is 31.1. The van der Waals surface area contributed by atoms with E-state index in [4.69, 9.17) is 4.89 Å². The Morgan fingerprint density at radius 1 is 1.10 bits per heavy atom. The van der Waals surface area contributed by atoms with Crippen molar-refractivity contribution in [3.05, 3.63) is 65.7 Å². The minimum atomic E-state index is -2.61. The number of benzene rings is 2. The smallest absolute Gasteiger partial charge is 0.322 e. The number of nitrogens with one attached hydrogen (secondary N) is 1. The zero-order valence-corrected chi connectivity index (χ0v) is 11.4. The quantitative estimate of drug-likeness (QED) is 0.830. The van der Waals surface area contributed by atoms with Crippen LogP contribution in [0.5, 0.6) is 0 Å². The fourth-order valence-corrected chi connectivity index (χ4v) is 1.87. The first kappa shape index (κ1) is 14.3. The summed E-state index contributed by atoms with van der Waals surface area (Å²) in [5.41, 5.74) is 1.95. The molecule has 0 bridgehead atoms. The second-order valence-electron chi connectivity index (χ2n) is 4.03. The van der Waals surface area contributed by atoms with Crippen LogP contribution in [0.2, 0.25) is 0 Å². The van der Waals surface area contributed by atoms with E-state index < -0.39 is 8.25 Å². The first-order chi connectivity index (χ1) is 9.65. The van der Waals surface area contributed by atoms with Crippen LogP contribution >= 0.6 is 8.25 Å². The van der Waals surface area contributed by atoms with Crippen LogP contribution in [0.1, 0.15) is 15.9 Å². The highest BCUT2D eigenvalue weighted by Crippen LogP contribution is 2.18. The fraction of sp³-hybridized carbons (Fsp3) is 0.0714. The van der Waals surface area contributed by atoms with Gasteiger partial charge >= 0.3 is 8.25 Å². The number of para-hydroxylation sites is 1. The minimum absolute atomic E-state index is 0.0340. The molecule has 2 N–H and O–H groups in total. The van der Waals surface area contributed by atoms with Gasteiger partial charge in [-0.25, -0.2) is 0 Å². The highest BCUT2D eigenvalue weighted by molar-refractivity contribution is 7.32. The summed E-state index contributed by atoms with van der Waals surface area (Å²) < 4.78 is 15.0. The van der Waals surface area contributed by atoms with Crippen molar-refractivity contribution in [1.82, 2.24) is 0 Å². The molecule has 0 aliphatic rings. The standard InChI is InChI=1S/C14H12NO4P/c16-14(15-13-4-2-1-3-5-13)12-8-6-11(7-9-12)10-19-20(17)18/h1-9H,10H2,(H-,15,16,17,18)/p+1. The number of hydrogen-bond acceptors (Lipinski definition) is 3. The topological polar surface area (TPSA) is 75.6 Å². The molecule has 0 radical (unpaired) electrons. The fourth-order valence-electron chi connectivity index (χ4n) is 1.61. The first-order valence-electron chi connectivity index (χ1n) is 5.89. The molecule has 20 heavy (non-hydrogen) atoms. The van der Waals surface area contributed by atoms with Crippen LogP contribution in [0.25, 0.3) is 0 Å². The molecule has 0 heterocycles. The van der Waals surface area contributed by atoms with Crippen molar-refractivity contribution in [2.24, 2.45) is 0 Å². The lowest BCUT2D eigenvalue weighted by atomic mass is 10.1. The van der Waals surface area contributed by atoms with E-state index >= 15 is 0 Å². The van der Waals surface area contributed by atoms with Crippen molar-refractivity contribution in [3.63, 3.8) is 0 Å². The maximum Gasteiger partial charge on any atom is 0.695 e. The molecule has 0 saturated heterocycles. The average Bonchev–Trinajstić information content (AvgIpc) is 2.46. The summed E-state index contributed by atoms with van der Waals surface area (Å²) in [5.74, 6) is -0.211. The van der Waals surface area contributed by atoms with Gasteiger partial charge in [0, 0.05) is 15.8 Å². The number of carbonyl (C=O) groups is 1. The van der Waals surface area contributed by atoms with Crippen LogP contribution in [-0.4, -0.2) is 10.8 Å². The molecule has 1 amide bonds. The second kappa shape index (κ2) is 6.91. The third-order valence-corrected chi connectivity index (χ3v) is 2.94. The molecule has 6 heteroatoms. The minimum Gasteiger partial charge on any atom is -0.322 e. The van der Waals surface area contributed by atoms with Crippen molar-refractivity contribution < 1.29 is 18.8 Å². The van der Waals surface area contributed by atoms with E-state index in [1.807, 2.05) is 18.2 Å². The predicted molar refractivity (Wildman–Crippen MR) is 75.5 cm³/mol. The Hall–Kier alpha value is -2.07. The van der Waals surface area contributed by atoms with Gasteiger partial charge in [0.15, 0.2) is 0 Å². The number of rotatable bonds is 5. The summed E-state index contributed by atoms with van der Waals surface area (Å²) in [6.45, 7) is 0.0340. The average molecular weight is 290 g/mol. The molecule has 0 aliphatic carbocycles. The summed E-state index contributed by atoms with van der Waals surface area (Å²) in [7, 11) is -2.61. The van der Waals surface area contributed by atoms with E-state index in [1.165, 1.54) is 0 Å². The maximum atomic E-state index is 12.0. The third-order valence-electron chi connectivity index (χ3n) is 2.59. The largest absolute Gasteiger partial charge is 0.695 e. The molecule has 1 atom stereocenters. The zero-order valence-electron chi connectivity index (χ0n) is 10.5. The Labute approximate surface area is 117 Å². The summed E-state index contributed by atoms with van der Waals surface area (Å²) in [6, 6.07) is 15.8. The van der Waals surface area contributed by atoms with Crippen molar-refractivity contribution in [2.75, 3.05) is 5.32 Å². The summed E-state index contributed by atoms with van der Waals surface area (Å²) >= 11 is 0. The molecular weight excluding hydrogens is 277 g/mol. The molecule has 0 fully saturated rings. The lowest BCUT2D eigenvalue weighted by Gasteiger charge is -2.05. The van der Waals surface area contributed by atoms with Crippen molar-refractivity contribution in [2.45, 2.75) is 6.61 Å². The molecule has 0 spiro atoms. The highest BCUT2D eigenvalue weighted by Gasteiger charge is 2.12. The predicted octanol–water partition coefficient (Wildman–Crippen LogP) is 3.11. The Bertz CT molecular complexity index is 598. The monoisotopic (exact) mass is 290 g/mol. The second-order valence-corrected chi connectivity index (χ2v) is 4.76. The van der Waals surface area contributed by atoms with Gasteiger partial charge in [0.1, 0.15) is 6.61 Å². The van der Waals surface area contributed by atoms with Gasteiger partial charge < -0.3 is 5.32 Å². The molecule has 2 aromatic rings. The third kappa shape index (κ3) is 4.24. The number of carbonyl (C=O) groups excluding carboxylic acids is 1. The normalized spacial score (nSPS) is 10.9. The number of amides is 1. The van der Waals surface area contributed by atoms with E-state index in [9.17, 15) is 9.36 Å². The summed E-state index contributed by atoms with van der Waals surface area (Å²) in [4.78, 5) is 20.5. The van der Waals surface area contributed by atoms with Crippen LogP contribution in [0.15, 0.2) is 54.6 Å². The molecule has 0 aromatic heterocycles. The van der Waals surface area contributed by atoms with E-state index in [0.29, 0.717) is 5.56 Å². The SMILES string of the molecule is O=C(Nc1ccccc1)c1ccc(CO[P+](=O)O)cc1. The lowest BCUT2D eigenvalue weighted by molar-refractivity contribution is 0.102. The molecule has 102 valence electrons. The van der Waals surface area contributed by atoms with Gasteiger partial charge in [-0.1, -0.05) is 30.3 Å². The molecular formula is C14H13NO4P+. The van der Waals surface area contributed by atoms with Crippen LogP contribution in [0.4, 0.5) is 5.69 Å². The van der Waals surface area contributed by atoms with Gasteiger partial charge in [-0.3, -0.25) is 4.79 Å². The van der Waals surface area contributed by atoms with E-state index in [0.717, 1.165) is 11.3 Å². The Morgan fingerprint density at radius 2 is 1.75 bits per heavy atom. The Balaban J connectivity index is 1.99. The lowest BCUT2D eigenvalue weighted by Crippen LogP contribution is -2.11. The zero-order chi connectivity index (χ0) is 14.4. The van der Waals surface area contributed by atoms with Crippen molar-refractivity contribution in [1.29, 1.82) is 0 Å². The van der Waals surface area contributed by atoms with Crippen LogP contribution in [0.3, 0.4) is 0 Å². The van der Waals surface area contributed by atoms with Gasteiger partial charge in [0.2, 0.25) is 0 Å². The van der Waals surface area contributed by atoms with E-state index in [1.54, 1.807) is 36.4 Å². The molecule has 0 aliphatic heterocycles. The van der Waals surface area contributed by atoms with Gasteiger partial charge in [0.25, 0.3) is 5.91 Å². The van der Waals surface area contributed by atoms with Crippen molar-refractivity contribution in [3.8, 4) is 0 Å². The Morgan fingerprint density at radius 3 is 2.35 bits per heavy atom. The maximum absolute atomic E-state index is 12.0. The molecule has 0 saturated carbocycles. The van der Waals surface area contributed by atoms with Gasteiger partial charge in [-0.05, 0) is 29.8 Å². The molecule has 5 nitrogen and oxygen atoms in total. The van der Waals surface area contributed by atoms with E-state index in [-0.39, 0.29) is 12.5 Å². The summed E-state index contributed by atoms with van der Waals surface area (Å²) in [5, 5.41) is 2.77. The first-order valence-corrected chi connectivity index (χ1v) is 7.02. The number of hydrogen-bond donors (Lipinski definition) is 2. The van der Waals surface area contributed by atoms with Crippen LogP contribution in [0, 0.1) is 0 Å². The molecule has 2 aromatic carbocycles. The number of anilines is 1. The van der Waals surface area contributed by atoms with Crippen LogP contribution < -0.4 is 5.32 Å². The van der Waals surface area contributed by atoms with Crippen molar-refractivity contribution >= 4 is 19.8 Å². The molecule has 2 rings (SSSR count). The van der Waals surface area contributed by atoms with Crippen LogP contribution in [-0.2, 0) is 15.7 Å². The Kier molecular flexibility index (Phi) is 4.96. The van der Waals surface area contributed by atoms with E-state index in [2.05, 4.69) is 9.84 Å². The molecule has 1 unspecified atom stereocenters. The van der Waals surface area contributed by atoms with Gasteiger partial charge in [-0.2, -0.15) is 0 Å². The summed E-state index contributed by atoms with van der Waals surface area (Å²) in [6.07, 6.45) is 0.